The molecular formula is C15H19N3O2. The van der Waals surface area contributed by atoms with Crippen molar-refractivity contribution in [3.8, 4) is 5.75 Å². The van der Waals surface area contributed by atoms with Gasteiger partial charge in [-0.15, -0.1) is 0 Å². The van der Waals surface area contributed by atoms with E-state index in [0.717, 1.165) is 5.56 Å². The third-order valence-corrected chi connectivity index (χ3v) is 3.37. The summed E-state index contributed by atoms with van der Waals surface area (Å²) in [5, 5.41) is 4.16. The van der Waals surface area contributed by atoms with E-state index in [-0.39, 0.29) is 5.91 Å². The number of rotatable bonds is 3. The number of benzene rings is 1. The maximum atomic E-state index is 12.7. The highest BCUT2D eigenvalue weighted by atomic mass is 16.5. The number of hydrogen-bond acceptors (Lipinski definition) is 4. The van der Waals surface area contributed by atoms with Crippen LogP contribution in [0.25, 0.3) is 0 Å². The van der Waals surface area contributed by atoms with E-state index in [1.165, 1.54) is 4.68 Å². The highest BCUT2D eigenvalue weighted by molar-refractivity contribution is 5.91. The maximum Gasteiger partial charge on any atom is 0.258 e. The van der Waals surface area contributed by atoms with E-state index < -0.39 is 5.41 Å². The standard InChI is InChI=1S/C15H19N3O2/c1-10-9-13(16)18(17-10)14(19)15(2,3)11-7-5-6-8-12(11)20-4/h5-9H,16H2,1-4H3. The van der Waals surface area contributed by atoms with Crippen LogP contribution >= 0.6 is 0 Å². The van der Waals surface area contributed by atoms with Gasteiger partial charge >= 0.3 is 0 Å². The second-order valence-electron chi connectivity index (χ2n) is 5.25. The number of ether oxygens (including phenoxy) is 1. The van der Waals surface area contributed by atoms with Crippen LogP contribution in [0.3, 0.4) is 0 Å². The number of aryl methyl sites for hydroxylation is 1. The lowest BCUT2D eigenvalue weighted by Crippen LogP contribution is -2.35. The van der Waals surface area contributed by atoms with Gasteiger partial charge < -0.3 is 10.5 Å². The average Bonchev–Trinajstić information content (AvgIpc) is 2.76. The van der Waals surface area contributed by atoms with Gasteiger partial charge in [-0.05, 0) is 26.8 Å². The predicted octanol–water partition coefficient (Wildman–Crippen LogP) is 2.40. The summed E-state index contributed by atoms with van der Waals surface area (Å²) in [5.41, 5.74) is 6.56. The van der Waals surface area contributed by atoms with Crippen molar-refractivity contribution in [2.24, 2.45) is 0 Å². The molecule has 0 fully saturated rings. The quantitative estimate of drug-likeness (QED) is 0.932. The molecule has 0 aliphatic rings. The molecule has 1 aromatic heterocycles. The fourth-order valence-electron chi connectivity index (χ4n) is 2.22. The molecule has 0 aliphatic carbocycles. The Balaban J connectivity index is 2.49. The molecule has 0 amide bonds. The molecule has 0 radical (unpaired) electrons. The van der Waals surface area contributed by atoms with Crippen molar-refractivity contribution in [3.05, 3.63) is 41.6 Å². The number of anilines is 1. The van der Waals surface area contributed by atoms with E-state index in [9.17, 15) is 4.79 Å². The molecule has 2 aromatic rings. The number of nitrogens with two attached hydrogens (primary N) is 1. The highest BCUT2D eigenvalue weighted by Crippen LogP contribution is 2.33. The molecule has 20 heavy (non-hydrogen) atoms. The number of nitrogen functional groups attached to an aromatic ring is 1. The topological polar surface area (TPSA) is 70.1 Å². The van der Waals surface area contributed by atoms with Gasteiger partial charge in [0, 0.05) is 11.6 Å². The summed E-state index contributed by atoms with van der Waals surface area (Å²) in [6, 6.07) is 9.14. The summed E-state index contributed by atoms with van der Waals surface area (Å²) in [6.45, 7) is 5.48. The molecule has 0 atom stereocenters. The largest absolute Gasteiger partial charge is 0.496 e. The van der Waals surface area contributed by atoms with E-state index in [1.807, 2.05) is 38.1 Å². The van der Waals surface area contributed by atoms with E-state index in [2.05, 4.69) is 5.10 Å². The fraction of sp³-hybridized carbons (Fsp3) is 0.333. The minimum atomic E-state index is -0.792. The van der Waals surface area contributed by atoms with E-state index in [1.54, 1.807) is 20.1 Å². The van der Waals surface area contributed by atoms with E-state index >= 15 is 0 Å². The van der Waals surface area contributed by atoms with Crippen LogP contribution in [-0.2, 0) is 5.41 Å². The molecule has 0 unspecified atom stereocenters. The molecule has 1 heterocycles. The lowest BCUT2D eigenvalue weighted by molar-refractivity contribution is 0.0805. The van der Waals surface area contributed by atoms with Crippen LogP contribution in [0, 0.1) is 6.92 Å². The van der Waals surface area contributed by atoms with Crippen molar-refractivity contribution < 1.29 is 9.53 Å². The molecule has 0 aliphatic heterocycles. The van der Waals surface area contributed by atoms with Gasteiger partial charge in [0.2, 0.25) is 0 Å². The predicted molar refractivity (Wildman–Crippen MR) is 78.0 cm³/mol. The third kappa shape index (κ3) is 2.27. The average molecular weight is 273 g/mol. The number of aromatic nitrogens is 2. The molecule has 1 aromatic carbocycles. The van der Waals surface area contributed by atoms with Gasteiger partial charge in [0.25, 0.3) is 5.91 Å². The Kier molecular flexibility index (Phi) is 3.53. The lowest BCUT2D eigenvalue weighted by Gasteiger charge is -2.25. The fourth-order valence-corrected chi connectivity index (χ4v) is 2.22. The normalized spacial score (nSPS) is 11.4. The second-order valence-corrected chi connectivity index (χ2v) is 5.25. The number of nitrogens with zero attached hydrogens (tertiary/aromatic N) is 2. The summed E-state index contributed by atoms with van der Waals surface area (Å²) < 4.78 is 6.59. The van der Waals surface area contributed by atoms with Crippen LogP contribution < -0.4 is 10.5 Å². The smallest absolute Gasteiger partial charge is 0.258 e. The summed E-state index contributed by atoms with van der Waals surface area (Å²) >= 11 is 0. The SMILES string of the molecule is COc1ccccc1C(C)(C)C(=O)n1nc(C)cc1N. The van der Waals surface area contributed by atoms with Crippen LogP contribution in [0.5, 0.6) is 5.75 Å². The minimum absolute atomic E-state index is 0.187. The summed E-state index contributed by atoms with van der Waals surface area (Å²) in [6.07, 6.45) is 0. The molecular weight excluding hydrogens is 254 g/mol. The maximum absolute atomic E-state index is 12.7. The summed E-state index contributed by atoms with van der Waals surface area (Å²) in [4.78, 5) is 12.7. The lowest BCUT2D eigenvalue weighted by atomic mass is 9.83. The number of methoxy groups -OCH3 is 1. The number of carbonyl (C=O) groups is 1. The van der Waals surface area contributed by atoms with E-state index in [4.69, 9.17) is 10.5 Å². The van der Waals surface area contributed by atoms with Crippen molar-refractivity contribution >= 4 is 11.7 Å². The van der Waals surface area contributed by atoms with Crippen molar-refractivity contribution in [1.82, 2.24) is 9.78 Å². The van der Waals surface area contributed by atoms with Gasteiger partial charge in [0.1, 0.15) is 11.6 Å². The van der Waals surface area contributed by atoms with Crippen LogP contribution in [0.15, 0.2) is 30.3 Å². The molecule has 5 nitrogen and oxygen atoms in total. The number of carbonyl (C=O) groups excluding carboxylic acids is 1. The number of hydrogen-bond donors (Lipinski definition) is 1. The Hall–Kier alpha value is -2.30. The van der Waals surface area contributed by atoms with Crippen LogP contribution in [-0.4, -0.2) is 22.8 Å². The molecule has 2 N–H and O–H groups in total. The van der Waals surface area contributed by atoms with Crippen molar-refractivity contribution in [2.75, 3.05) is 12.8 Å². The first-order chi connectivity index (χ1) is 9.37. The first kappa shape index (κ1) is 14.1. The van der Waals surface area contributed by atoms with Crippen LogP contribution in [0.4, 0.5) is 5.82 Å². The first-order valence-electron chi connectivity index (χ1n) is 6.38. The Morgan fingerprint density at radius 3 is 2.55 bits per heavy atom. The molecule has 0 saturated carbocycles. The zero-order chi connectivity index (χ0) is 14.9. The minimum Gasteiger partial charge on any atom is -0.496 e. The van der Waals surface area contributed by atoms with E-state index in [0.29, 0.717) is 17.3 Å². The van der Waals surface area contributed by atoms with Crippen molar-refractivity contribution in [2.45, 2.75) is 26.2 Å². The number of para-hydroxylation sites is 1. The van der Waals surface area contributed by atoms with Gasteiger partial charge in [-0.25, -0.2) is 0 Å². The molecule has 0 saturated heterocycles. The Morgan fingerprint density at radius 2 is 2.00 bits per heavy atom. The monoisotopic (exact) mass is 273 g/mol. The second kappa shape index (κ2) is 5.00. The van der Waals surface area contributed by atoms with Gasteiger partial charge in [-0.1, -0.05) is 18.2 Å². The Labute approximate surface area is 118 Å². The zero-order valence-corrected chi connectivity index (χ0v) is 12.2. The third-order valence-electron chi connectivity index (χ3n) is 3.37. The van der Waals surface area contributed by atoms with Crippen molar-refractivity contribution in [3.63, 3.8) is 0 Å². The highest BCUT2D eigenvalue weighted by Gasteiger charge is 2.35. The molecule has 5 heteroatoms. The van der Waals surface area contributed by atoms with Gasteiger partial charge in [0.05, 0.1) is 18.2 Å². The Morgan fingerprint density at radius 1 is 1.35 bits per heavy atom. The zero-order valence-electron chi connectivity index (χ0n) is 12.2. The Bertz CT molecular complexity index is 644. The van der Waals surface area contributed by atoms with Crippen LogP contribution in [0.2, 0.25) is 0 Å². The molecule has 106 valence electrons. The van der Waals surface area contributed by atoms with Crippen LogP contribution in [0.1, 0.15) is 29.9 Å². The van der Waals surface area contributed by atoms with Gasteiger partial charge in [-0.3, -0.25) is 4.79 Å². The van der Waals surface area contributed by atoms with Gasteiger partial charge in [0.15, 0.2) is 0 Å². The molecule has 2 rings (SSSR count). The van der Waals surface area contributed by atoms with Crippen molar-refractivity contribution in [1.29, 1.82) is 0 Å². The molecule has 0 spiro atoms. The summed E-state index contributed by atoms with van der Waals surface area (Å²) in [7, 11) is 1.59. The first-order valence-corrected chi connectivity index (χ1v) is 6.38. The van der Waals surface area contributed by atoms with Gasteiger partial charge in [-0.2, -0.15) is 9.78 Å². The summed E-state index contributed by atoms with van der Waals surface area (Å²) in [5.74, 6) is 0.830. The molecule has 0 bridgehead atoms.